The topological polar surface area (TPSA) is 75.6 Å². The quantitative estimate of drug-likeness (QED) is 0.297. The summed E-state index contributed by atoms with van der Waals surface area (Å²) in [4.78, 5) is 23.2. The predicted octanol–water partition coefficient (Wildman–Crippen LogP) is 4.29. The fourth-order valence-corrected chi connectivity index (χ4v) is 6.30. The van der Waals surface area contributed by atoms with Crippen molar-refractivity contribution in [3.63, 3.8) is 0 Å². The van der Waals surface area contributed by atoms with Gasteiger partial charge in [0.05, 0.1) is 6.61 Å². The van der Waals surface area contributed by atoms with E-state index in [1.54, 1.807) is 11.6 Å². The highest BCUT2D eigenvalue weighted by Crippen LogP contribution is 2.61. The van der Waals surface area contributed by atoms with E-state index in [0.29, 0.717) is 24.9 Å². The minimum atomic E-state index is -0.564. The second-order valence-corrected chi connectivity index (χ2v) is 9.44. The maximum atomic E-state index is 12.2. The highest BCUT2D eigenvalue weighted by molar-refractivity contribution is 5.90. The van der Waals surface area contributed by atoms with Gasteiger partial charge in [-0.2, -0.15) is 0 Å². The lowest BCUT2D eigenvalue weighted by Gasteiger charge is -2.57. The van der Waals surface area contributed by atoms with Gasteiger partial charge >= 0.3 is 5.97 Å². The van der Waals surface area contributed by atoms with E-state index in [9.17, 15) is 9.59 Å². The predicted molar refractivity (Wildman–Crippen MR) is 110 cm³/mol. The van der Waals surface area contributed by atoms with Crippen molar-refractivity contribution in [2.45, 2.75) is 57.8 Å². The van der Waals surface area contributed by atoms with Crippen molar-refractivity contribution in [3.8, 4) is 0 Å². The number of hydrogen-bond donors (Lipinski definition) is 2. The van der Waals surface area contributed by atoms with E-state index >= 15 is 0 Å². The number of ether oxygens (including phenoxy) is 1. The third-order valence-electron chi connectivity index (χ3n) is 7.20. The summed E-state index contributed by atoms with van der Waals surface area (Å²) in [6.07, 6.45) is 13.4. The number of aryl methyl sites for hydroxylation is 1. The van der Waals surface area contributed by atoms with Gasteiger partial charge < -0.3 is 4.74 Å². The molecule has 0 atom stereocenters. The number of carbonyl (C=O) groups is 2. The first kappa shape index (κ1) is 20.1. The van der Waals surface area contributed by atoms with Crippen LogP contribution in [-0.4, -0.2) is 23.7 Å². The highest BCUT2D eigenvalue weighted by Gasteiger charge is 2.50. The molecule has 0 aliphatic heterocycles. The highest BCUT2D eigenvalue weighted by atomic mass is 16.5. The minimum Gasteiger partial charge on any atom is -0.466 e. The molecule has 5 rings (SSSR count). The average molecular weight is 398 g/mol. The van der Waals surface area contributed by atoms with E-state index in [0.717, 1.165) is 35.3 Å². The molecule has 5 heteroatoms. The summed E-state index contributed by atoms with van der Waals surface area (Å²) in [6.45, 7) is 0.571. The largest absolute Gasteiger partial charge is 0.466 e. The Hall–Kier alpha value is -2.14. The number of benzene rings is 1. The fraction of sp³-hybridized carbons (Fsp3) is 0.583. The molecule has 0 saturated heterocycles. The Morgan fingerprint density at radius 1 is 1.07 bits per heavy atom. The lowest BCUT2D eigenvalue weighted by molar-refractivity contribution is -0.146. The lowest BCUT2D eigenvalue weighted by Crippen LogP contribution is -2.46. The molecule has 4 saturated carbocycles. The molecule has 4 aliphatic rings. The van der Waals surface area contributed by atoms with Crippen molar-refractivity contribution in [3.05, 3.63) is 41.5 Å². The molecule has 0 heterocycles. The second kappa shape index (κ2) is 8.70. The molecular weight excluding hydrogens is 366 g/mol. The zero-order valence-electron chi connectivity index (χ0n) is 16.9. The first-order valence-corrected chi connectivity index (χ1v) is 10.9. The molecule has 156 valence electrons. The van der Waals surface area contributed by atoms with Gasteiger partial charge in [0.15, 0.2) is 0 Å². The van der Waals surface area contributed by atoms with Crippen LogP contribution in [0.25, 0.3) is 6.08 Å². The molecule has 0 aromatic heterocycles. The number of carbonyl (C=O) groups excluding carboxylic acids is 2. The van der Waals surface area contributed by atoms with E-state index in [2.05, 4.69) is 0 Å². The van der Waals surface area contributed by atoms with Gasteiger partial charge in [0.2, 0.25) is 0 Å². The van der Waals surface area contributed by atoms with E-state index < -0.39 is 5.91 Å². The Bertz CT molecular complexity index is 732. The number of nitrogens with one attached hydrogen (secondary N) is 1. The Morgan fingerprint density at radius 2 is 1.69 bits per heavy atom. The van der Waals surface area contributed by atoms with Gasteiger partial charge in [0.1, 0.15) is 0 Å². The average Bonchev–Trinajstić information content (AvgIpc) is 2.70. The van der Waals surface area contributed by atoms with Crippen LogP contribution in [0, 0.1) is 23.2 Å². The van der Waals surface area contributed by atoms with Gasteiger partial charge in [-0.15, -0.1) is 0 Å². The normalized spacial score (nSPS) is 29.9. The van der Waals surface area contributed by atoms with Crippen LogP contribution in [0.2, 0.25) is 0 Å². The van der Waals surface area contributed by atoms with Crippen molar-refractivity contribution < 1.29 is 19.5 Å². The van der Waals surface area contributed by atoms with Crippen molar-refractivity contribution in [2.75, 3.05) is 6.61 Å². The monoisotopic (exact) mass is 397 g/mol. The fourth-order valence-electron chi connectivity index (χ4n) is 6.30. The molecule has 1 amide bonds. The van der Waals surface area contributed by atoms with E-state index in [1.807, 2.05) is 24.3 Å². The van der Waals surface area contributed by atoms with E-state index in [4.69, 9.17) is 9.94 Å². The van der Waals surface area contributed by atoms with E-state index in [-0.39, 0.29) is 5.97 Å². The number of esters is 1. The number of rotatable bonds is 8. The van der Waals surface area contributed by atoms with Crippen LogP contribution >= 0.6 is 0 Å². The van der Waals surface area contributed by atoms with Gasteiger partial charge in [-0.25, -0.2) is 5.48 Å². The molecular formula is C24H31NO4. The van der Waals surface area contributed by atoms with Gasteiger partial charge in [-0.1, -0.05) is 24.3 Å². The Kier molecular flexibility index (Phi) is 6.04. The van der Waals surface area contributed by atoms with Gasteiger partial charge in [0, 0.05) is 12.5 Å². The third kappa shape index (κ3) is 5.08. The zero-order valence-corrected chi connectivity index (χ0v) is 16.9. The van der Waals surface area contributed by atoms with Crippen LogP contribution < -0.4 is 5.48 Å². The summed E-state index contributed by atoms with van der Waals surface area (Å²) in [5.41, 5.74) is 3.94. The number of hydrogen-bond acceptors (Lipinski definition) is 4. The molecule has 1 aromatic rings. The van der Waals surface area contributed by atoms with Crippen LogP contribution in [-0.2, 0) is 20.7 Å². The number of hydroxylamine groups is 1. The first-order valence-electron chi connectivity index (χ1n) is 10.9. The summed E-state index contributed by atoms with van der Waals surface area (Å²) in [5.74, 6) is 2.14. The van der Waals surface area contributed by atoms with Gasteiger partial charge in [0.25, 0.3) is 5.91 Å². The van der Waals surface area contributed by atoms with Gasteiger partial charge in [-0.05, 0) is 91.7 Å². The summed E-state index contributed by atoms with van der Waals surface area (Å²) >= 11 is 0. The lowest BCUT2D eigenvalue weighted by atomic mass is 9.49. The van der Waals surface area contributed by atoms with Crippen LogP contribution in [0.3, 0.4) is 0 Å². The van der Waals surface area contributed by atoms with Crippen LogP contribution in [0.15, 0.2) is 30.3 Å². The Labute approximate surface area is 172 Å². The summed E-state index contributed by atoms with van der Waals surface area (Å²) in [6, 6.07) is 7.65. The second-order valence-electron chi connectivity index (χ2n) is 9.44. The molecule has 4 aliphatic carbocycles. The molecule has 4 fully saturated rings. The zero-order chi connectivity index (χ0) is 20.3. The molecule has 0 unspecified atom stereocenters. The van der Waals surface area contributed by atoms with Crippen molar-refractivity contribution in [2.24, 2.45) is 23.2 Å². The Balaban J connectivity index is 1.18. The minimum absolute atomic E-state index is 0.113. The maximum absolute atomic E-state index is 12.2. The van der Waals surface area contributed by atoms with E-state index in [1.165, 1.54) is 44.6 Å². The van der Waals surface area contributed by atoms with Crippen LogP contribution in [0.5, 0.6) is 0 Å². The molecule has 1 aromatic carbocycles. The molecule has 0 spiro atoms. The third-order valence-corrected chi connectivity index (χ3v) is 7.20. The summed E-state index contributed by atoms with van der Waals surface area (Å²) < 4.78 is 5.59. The molecule has 0 radical (unpaired) electrons. The van der Waals surface area contributed by atoms with Crippen molar-refractivity contribution in [1.82, 2.24) is 5.48 Å². The number of amides is 1. The summed E-state index contributed by atoms with van der Waals surface area (Å²) in [7, 11) is 0. The van der Waals surface area contributed by atoms with Crippen molar-refractivity contribution >= 4 is 18.0 Å². The standard InChI is InChI=1S/C24H31NO4/c26-22(25-28)7-5-17-1-3-18(4-2-17)6-8-23(27)29-10-9-24-14-19-11-20(15-24)13-21(12-19)16-24/h1-5,7,19-21,28H,6,8-16H2,(H,25,26)/b7-5+. The molecule has 29 heavy (non-hydrogen) atoms. The van der Waals surface area contributed by atoms with Gasteiger partial charge in [-0.3, -0.25) is 14.8 Å². The van der Waals surface area contributed by atoms with Crippen LogP contribution in [0.4, 0.5) is 0 Å². The van der Waals surface area contributed by atoms with Crippen LogP contribution in [0.1, 0.15) is 62.5 Å². The Morgan fingerprint density at radius 3 is 2.28 bits per heavy atom. The molecule has 5 nitrogen and oxygen atoms in total. The molecule has 4 bridgehead atoms. The SMILES string of the molecule is O=C(/C=C/c1ccc(CCC(=O)OCCC23CC4CC(CC(C4)C2)C3)cc1)NO. The van der Waals surface area contributed by atoms with Crippen molar-refractivity contribution in [1.29, 1.82) is 0 Å². The summed E-state index contributed by atoms with van der Waals surface area (Å²) in [5, 5.41) is 8.48. The smallest absolute Gasteiger partial charge is 0.306 e. The maximum Gasteiger partial charge on any atom is 0.306 e. The molecule has 2 N–H and O–H groups in total. The first-order chi connectivity index (χ1) is 14.0.